The predicted octanol–water partition coefficient (Wildman–Crippen LogP) is 3.51. The van der Waals surface area contributed by atoms with Crippen LogP contribution in [0.2, 0.25) is 0 Å². The molecule has 0 fully saturated rings. The number of benzene rings is 2. The lowest BCUT2D eigenvalue weighted by Crippen LogP contribution is -2.12. The Morgan fingerprint density at radius 1 is 1.23 bits per heavy atom. The largest absolute Gasteiger partial charge is 0.490 e. The van der Waals surface area contributed by atoms with Gasteiger partial charge in [0.2, 0.25) is 0 Å². The van der Waals surface area contributed by atoms with Crippen LogP contribution < -0.4 is 10.1 Å². The smallest absolute Gasteiger partial charge is 0.255 e. The van der Waals surface area contributed by atoms with E-state index in [9.17, 15) is 4.79 Å². The molecule has 5 nitrogen and oxygen atoms in total. The zero-order chi connectivity index (χ0) is 15.4. The van der Waals surface area contributed by atoms with Gasteiger partial charge in [0.05, 0.1) is 17.4 Å². The maximum atomic E-state index is 12.3. The maximum absolute atomic E-state index is 12.3. The number of rotatable bonds is 5. The molecule has 0 aliphatic carbocycles. The highest BCUT2D eigenvalue weighted by Crippen LogP contribution is 2.22. The van der Waals surface area contributed by atoms with Crippen molar-refractivity contribution in [3.05, 3.63) is 60.7 Å². The summed E-state index contributed by atoms with van der Waals surface area (Å²) in [7, 11) is 0. The van der Waals surface area contributed by atoms with Crippen LogP contribution in [-0.4, -0.2) is 21.3 Å². The maximum Gasteiger partial charge on any atom is 0.255 e. The number of hydrogen-bond acceptors (Lipinski definition) is 5. The van der Waals surface area contributed by atoms with Gasteiger partial charge in [-0.25, -0.2) is 0 Å². The molecule has 0 atom stereocenters. The molecule has 0 saturated carbocycles. The SMILES string of the molecule is C=CCOc1ccc(C(=O)Nc2cccc3nsnc23)cc1. The summed E-state index contributed by atoms with van der Waals surface area (Å²) >= 11 is 1.12. The number of nitrogens with zero attached hydrogens (tertiary/aromatic N) is 2. The molecule has 0 aliphatic rings. The number of carbonyl (C=O) groups excluding carboxylic acids is 1. The summed E-state index contributed by atoms with van der Waals surface area (Å²) in [5, 5.41) is 2.86. The van der Waals surface area contributed by atoms with Gasteiger partial charge in [-0.2, -0.15) is 8.75 Å². The molecule has 0 bridgehead atoms. The fourth-order valence-corrected chi connectivity index (χ4v) is 2.51. The van der Waals surface area contributed by atoms with Crippen LogP contribution >= 0.6 is 11.7 Å². The average Bonchev–Trinajstić information content (AvgIpc) is 3.03. The monoisotopic (exact) mass is 311 g/mol. The molecule has 2 aromatic carbocycles. The Hall–Kier alpha value is -2.73. The first-order valence-corrected chi connectivity index (χ1v) is 7.37. The van der Waals surface area contributed by atoms with Crippen LogP contribution in [0.25, 0.3) is 11.0 Å². The molecule has 1 aromatic heterocycles. The lowest BCUT2D eigenvalue weighted by molar-refractivity contribution is 0.102. The Morgan fingerprint density at radius 3 is 2.82 bits per heavy atom. The van der Waals surface area contributed by atoms with Gasteiger partial charge in [-0.1, -0.05) is 18.7 Å². The van der Waals surface area contributed by atoms with Gasteiger partial charge in [0.25, 0.3) is 5.91 Å². The Bertz CT molecular complexity index is 812. The van der Waals surface area contributed by atoms with Crippen LogP contribution in [0.15, 0.2) is 55.1 Å². The normalized spacial score (nSPS) is 10.4. The van der Waals surface area contributed by atoms with Gasteiger partial charge in [-0.3, -0.25) is 4.79 Å². The quantitative estimate of drug-likeness (QED) is 0.732. The van der Waals surface area contributed by atoms with Crippen molar-refractivity contribution in [1.82, 2.24) is 8.75 Å². The van der Waals surface area contributed by atoms with E-state index in [1.807, 2.05) is 18.2 Å². The van der Waals surface area contributed by atoms with Crippen LogP contribution in [0.5, 0.6) is 5.75 Å². The Labute approximate surface area is 131 Å². The van der Waals surface area contributed by atoms with Gasteiger partial charge in [0.15, 0.2) is 0 Å². The van der Waals surface area contributed by atoms with E-state index in [1.165, 1.54) is 0 Å². The molecule has 3 aromatic rings. The van der Waals surface area contributed by atoms with Gasteiger partial charge in [-0.15, -0.1) is 0 Å². The first kappa shape index (κ1) is 14.2. The van der Waals surface area contributed by atoms with Crippen LogP contribution in [0.1, 0.15) is 10.4 Å². The summed E-state index contributed by atoms with van der Waals surface area (Å²) in [6.45, 7) is 4.02. The number of fused-ring (bicyclic) bond motifs is 1. The van der Waals surface area contributed by atoms with Crippen molar-refractivity contribution >= 4 is 34.4 Å². The fraction of sp³-hybridized carbons (Fsp3) is 0.0625. The lowest BCUT2D eigenvalue weighted by Gasteiger charge is -2.07. The summed E-state index contributed by atoms with van der Waals surface area (Å²) in [4.78, 5) is 12.3. The molecule has 0 saturated heterocycles. The zero-order valence-electron chi connectivity index (χ0n) is 11.7. The van der Waals surface area contributed by atoms with Crippen molar-refractivity contribution in [2.45, 2.75) is 0 Å². The second-order valence-electron chi connectivity index (χ2n) is 4.52. The Morgan fingerprint density at radius 2 is 2.05 bits per heavy atom. The van der Waals surface area contributed by atoms with Gasteiger partial charge >= 0.3 is 0 Å². The van der Waals surface area contributed by atoms with Gasteiger partial charge in [-0.05, 0) is 36.4 Å². The van der Waals surface area contributed by atoms with Crippen LogP contribution in [0, 0.1) is 0 Å². The highest BCUT2D eigenvalue weighted by atomic mass is 32.1. The van der Waals surface area contributed by atoms with Gasteiger partial charge < -0.3 is 10.1 Å². The van der Waals surface area contributed by atoms with Crippen LogP contribution in [-0.2, 0) is 0 Å². The molecule has 110 valence electrons. The average molecular weight is 311 g/mol. The summed E-state index contributed by atoms with van der Waals surface area (Å²) < 4.78 is 13.7. The van der Waals surface area contributed by atoms with Crippen molar-refractivity contribution in [2.75, 3.05) is 11.9 Å². The fourth-order valence-electron chi connectivity index (χ4n) is 1.96. The number of anilines is 1. The zero-order valence-corrected chi connectivity index (χ0v) is 12.5. The summed E-state index contributed by atoms with van der Waals surface area (Å²) in [5.74, 6) is 0.498. The molecule has 0 unspecified atom stereocenters. The first-order valence-electron chi connectivity index (χ1n) is 6.64. The standard InChI is InChI=1S/C16H13N3O2S/c1-2-10-21-12-8-6-11(7-9-12)16(20)17-13-4-3-5-14-15(13)19-22-18-14/h2-9H,1,10H2,(H,17,20). The topological polar surface area (TPSA) is 64.1 Å². The molecule has 0 radical (unpaired) electrons. The van der Waals surface area contributed by atoms with E-state index in [2.05, 4.69) is 20.6 Å². The minimum Gasteiger partial charge on any atom is -0.490 e. The molecule has 1 N–H and O–H groups in total. The van der Waals surface area contributed by atoms with E-state index < -0.39 is 0 Å². The van der Waals surface area contributed by atoms with Crippen LogP contribution in [0.3, 0.4) is 0 Å². The molecule has 22 heavy (non-hydrogen) atoms. The number of nitrogens with one attached hydrogen (secondary N) is 1. The van der Waals surface area contributed by atoms with Crippen molar-refractivity contribution in [1.29, 1.82) is 0 Å². The third-order valence-corrected chi connectivity index (χ3v) is 3.56. The van der Waals surface area contributed by atoms with Crippen molar-refractivity contribution in [2.24, 2.45) is 0 Å². The van der Waals surface area contributed by atoms with E-state index in [4.69, 9.17) is 4.74 Å². The summed E-state index contributed by atoms with van der Waals surface area (Å²) in [5.41, 5.74) is 2.68. The van der Waals surface area contributed by atoms with E-state index >= 15 is 0 Å². The van der Waals surface area contributed by atoms with Crippen molar-refractivity contribution < 1.29 is 9.53 Å². The minimum atomic E-state index is -0.198. The molecule has 0 spiro atoms. The summed E-state index contributed by atoms with van der Waals surface area (Å²) in [6.07, 6.45) is 1.67. The number of hydrogen-bond donors (Lipinski definition) is 1. The Balaban J connectivity index is 1.76. The van der Waals surface area contributed by atoms with E-state index in [0.29, 0.717) is 29.1 Å². The lowest BCUT2D eigenvalue weighted by atomic mass is 10.2. The first-order chi connectivity index (χ1) is 10.8. The number of ether oxygens (including phenoxy) is 1. The highest BCUT2D eigenvalue weighted by molar-refractivity contribution is 7.00. The molecule has 3 rings (SSSR count). The van der Waals surface area contributed by atoms with Gasteiger partial charge in [0, 0.05) is 5.56 Å². The minimum absolute atomic E-state index is 0.198. The predicted molar refractivity (Wildman–Crippen MR) is 87.5 cm³/mol. The van der Waals surface area contributed by atoms with E-state index in [0.717, 1.165) is 17.2 Å². The molecule has 6 heteroatoms. The van der Waals surface area contributed by atoms with E-state index in [-0.39, 0.29) is 5.91 Å². The van der Waals surface area contributed by atoms with Gasteiger partial charge in [0.1, 0.15) is 23.4 Å². The molecule has 0 aliphatic heterocycles. The van der Waals surface area contributed by atoms with E-state index in [1.54, 1.807) is 30.3 Å². The summed E-state index contributed by atoms with van der Waals surface area (Å²) in [6, 6.07) is 12.4. The second-order valence-corrected chi connectivity index (χ2v) is 5.04. The molecule has 1 heterocycles. The molecule has 1 amide bonds. The number of amides is 1. The van der Waals surface area contributed by atoms with Crippen LogP contribution in [0.4, 0.5) is 5.69 Å². The Kier molecular flexibility index (Phi) is 4.11. The van der Waals surface area contributed by atoms with Crippen molar-refractivity contribution in [3.8, 4) is 5.75 Å². The third kappa shape index (κ3) is 2.96. The third-order valence-electron chi connectivity index (χ3n) is 3.02. The molecular weight excluding hydrogens is 298 g/mol. The molecular formula is C16H13N3O2S. The highest BCUT2D eigenvalue weighted by Gasteiger charge is 2.10. The number of aromatic nitrogens is 2. The second kappa shape index (κ2) is 6.36. The number of carbonyl (C=O) groups is 1. The van der Waals surface area contributed by atoms with Crippen molar-refractivity contribution in [3.63, 3.8) is 0 Å².